The Labute approximate surface area is 152 Å². The molecule has 4 N–H and O–H groups in total. The maximum absolute atomic E-state index is 12.2. The highest BCUT2D eigenvalue weighted by Crippen LogP contribution is 2.08. The number of hydrogen-bond donors (Lipinski definition) is 4. The van der Waals surface area contributed by atoms with Crippen LogP contribution in [-0.2, 0) is 13.0 Å². The predicted octanol–water partition coefficient (Wildman–Crippen LogP) is 2.57. The first-order valence-electron chi connectivity index (χ1n) is 8.60. The Morgan fingerprint density at radius 3 is 2.27 bits per heavy atom. The van der Waals surface area contributed by atoms with E-state index in [4.69, 9.17) is 10.2 Å². The Bertz CT molecular complexity index is 702. The molecular weight excluding hydrogens is 332 g/mol. The summed E-state index contributed by atoms with van der Waals surface area (Å²) in [6.45, 7) is 0.397. The molecule has 26 heavy (non-hydrogen) atoms. The zero-order valence-electron chi connectivity index (χ0n) is 14.5. The number of nitrogens with one attached hydrogen (secondary N) is 2. The molecule has 0 aliphatic carbocycles. The highest BCUT2D eigenvalue weighted by Gasteiger charge is 2.13. The van der Waals surface area contributed by atoms with E-state index in [1.807, 2.05) is 30.3 Å². The van der Waals surface area contributed by atoms with Gasteiger partial charge in [0, 0.05) is 19.2 Å². The molecule has 0 radical (unpaired) electrons. The molecule has 0 aliphatic heterocycles. The standard InChI is InChI=1S/C20H24N2O4/c23-12-4-7-18(13-15-5-2-1-3-6-15)22-20(26)21-14-16-8-10-17(11-9-16)19(24)25/h1-3,5-6,8-11,18,23H,4,7,12-14H2,(H,24,25)(H2,21,22,26). The molecule has 2 aromatic carbocycles. The van der Waals surface area contributed by atoms with Gasteiger partial charge in [0.2, 0.25) is 0 Å². The lowest BCUT2D eigenvalue weighted by Gasteiger charge is -2.19. The quantitative estimate of drug-likeness (QED) is 0.555. The molecule has 0 bridgehead atoms. The van der Waals surface area contributed by atoms with Gasteiger partial charge in [0.25, 0.3) is 0 Å². The molecule has 2 aromatic rings. The number of carboxylic acids is 1. The number of carbonyl (C=O) groups is 2. The average molecular weight is 356 g/mol. The van der Waals surface area contributed by atoms with Crippen molar-refractivity contribution in [2.24, 2.45) is 0 Å². The molecule has 0 aliphatic rings. The second-order valence-corrected chi connectivity index (χ2v) is 6.08. The topological polar surface area (TPSA) is 98.7 Å². The van der Waals surface area contributed by atoms with E-state index in [1.54, 1.807) is 12.1 Å². The SMILES string of the molecule is O=C(NCc1ccc(C(=O)O)cc1)NC(CCCO)Cc1ccccc1. The first-order chi connectivity index (χ1) is 12.6. The summed E-state index contributed by atoms with van der Waals surface area (Å²) in [5.74, 6) is -0.977. The van der Waals surface area contributed by atoms with Crippen LogP contribution in [0.3, 0.4) is 0 Å². The molecule has 2 rings (SSSR count). The lowest BCUT2D eigenvalue weighted by Crippen LogP contribution is -2.43. The van der Waals surface area contributed by atoms with Gasteiger partial charge < -0.3 is 20.8 Å². The van der Waals surface area contributed by atoms with E-state index in [-0.39, 0.29) is 24.2 Å². The summed E-state index contributed by atoms with van der Waals surface area (Å²) in [5, 5.41) is 23.7. The first-order valence-corrected chi connectivity index (χ1v) is 8.60. The van der Waals surface area contributed by atoms with Gasteiger partial charge in [0.15, 0.2) is 0 Å². The number of aromatic carboxylic acids is 1. The van der Waals surface area contributed by atoms with Crippen molar-refractivity contribution in [1.82, 2.24) is 10.6 Å². The summed E-state index contributed by atoms with van der Waals surface area (Å²) in [6.07, 6.45) is 2.00. The fraction of sp³-hybridized carbons (Fsp3) is 0.300. The van der Waals surface area contributed by atoms with E-state index in [2.05, 4.69) is 10.6 Å². The molecule has 0 spiro atoms. The summed E-state index contributed by atoms with van der Waals surface area (Å²) < 4.78 is 0. The fourth-order valence-electron chi connectivity index (χ4n) is 2.65. The van der Waals surface area contributed by atoms with E-state index in [0.29, 0.717) is 25.8 Å². The van der Waals surface area contributed by atoms with Crippen LogP contribution >= 0.6 is 0 Å². The minimum absolute atomic E-state index is 0.0704. The van der Waals surface area contributed by atoms with E-state index in [1.165, 1.54) is 12.1 Å². The maximum Gasteiger partial charge on any atom is 0.335 e. The molecule has 1 unspecified atom stereocenters. The van der Waals surface area contributed by atoms with Crippen molar-refractivity contribution in [3.8, 4) is 0 Å². The number of carboxylic acid groups (broad SMARTS) is 1. The van der Waals surface area contributed by atoms with Gasteiger partial charge in [-0.1, -0.05) is 42.5 Å². The molecule has 0 fully saturated rings. The number of amides is 2. The van der Waals surface area contributed by atoms with Crippen molar-refractivity contribution in [3.05, 3.63) is 71.3 Å². The molecule has 1 atom stereocenters. The van der Waals surface area contributed by atoms with E-state index >= 15 is 0 Å². The molecule has 6 nitrogen and oxygen atoms in total. The average Bonchev–Trinajstić information content (AvgIpc) is 2.65. The number of hydrogen-bond acceptors (Lipinski definition) is 3. The molecule has 0 saturated carbocycles. The number of carbonyl (C=O) groups excluding carboxylic acids is 1. The number of rotatable bonds is 9. The number of aliphatic hydroxyl groups is 1. The van der Waals surface area contributed by atoms with E-state index in [0.717, 1.165) is 11.1 Å². The Morgan fingerprint density at radius 2 is 1.65 bits per heavy atom. The predicted molar refractivity (Wildman–Crippen MR) is 99.0 cm³/mol. The fourth-order valence-corrected chi connectivity index (χ4v) is 2.65. The van der Waals surface area contributed by atoms with Crippen LogP contribution < -0.4 is 10.6 Å². The van der Waals surface area contributed by atoms with Crippen LogP contribution in [0.1, 0.15) is 34.3 Å². The lowest BCUT2D eigenvalue weighted by atomic mass is 10.0. The van der Waals surface area contributed by atoms with Gasteiger partial charge in [-0.3, -0.25) is 0 Å². The third-order valence-electron chi connectivity index (χ3n) is 4.02. The van der Waals surface area contributed by atoms with E-state index < -0.39 is 5.97 Å². The third-order valence-corrected chi connectivity index (χ3v) is 4.02. The zero-order chi connectivity index (χ0) is 18.8. The number of aliphatic hydroxyl groups excluding tert-OH is 1. The number of benzene rings is 2. The van der Waals surface area contributed by atoms with Crippen LogP contribution in [0.5, 0.6) is 0 Å². The molecule has 6 heteroatoms. The van der Waals surface area contributed by atoms with Crippen LogP contribution in [0, 0.1) is 0 Å². The van der Waals surface area contributed by atoms with Gasteiger partial charge in [-0.25, -0.2) is 9.59 Å². The summed E-state index contributed by atoms with van der Waals surface area (Å²) in [5.41, 5.74) is 2.16. The van der Waals surface area contributed by atoms with Gasteiger partial charge in [-0.2, -0.15) is 0 Å². The van der Waals surface area contributed by atoms with Crippen molar-refractivity contribution >= 4 is 12.0 Å². The first kappa shape index (κ1) is 19.5. The minimum Gasteiger partial charge on any atom is -0.478 e. The molecule has 0 heterocycles. The normalized spacial score (nSPS) is 11.6. The van der Waals surface area contributed by atoms with Crippen LogP contribution in [0.15, 0.2) is 54.6 Å². The summed E-state index contributed by atoms with van der Waals surface area (Å²) in [6, 6.07) is 15.9. The highest BCUT2D eigenvalue weighted by molar-refractivity contribution is 5.87. The van der Waals surface area contributed by atoms with Crippen molar-refractivity contribution in [2.45, 2.75) is 31.8 Å². The molecule has 2 amide bonds. The second-order valence-electron chi connectivity index (χ2n) is 6.08. The van der Waals surface area contributed by atoms with Crippen molar-refractivity contribution in [2.75, 3.05) is 6.61 Å². The molecule has 0 aromatic heterocycles. The smallest absolute Gasteiger partial charge is 0.335 e. The molecule has 138 valence electrons. The van der Waals surface area contributed by atoms with Gasteiger partial charge in [-0.05, 0) is 42.5 Å². The highest BCUT2D eigenvalue weighted by atomic mass is 16.4. The maximum atomic E-state index is 12.2. The molecular formula is C20H24N2O4. The summed E-state index contributed by atoms with van der Waals surface area (Å²) in [4.78, 5) is 23.0. The van der Waals surface area contributed by atoms with Crippen LogP contribution in [-0.4, -0.2) is 34.9 Å². The summed E-state index contributed by atoms with van der Waals surface area (Å²) >= 11 is 0. The molecule has 0 saturated heterocycles. The van der Waals surface area contributed by atoms with Crippen LogP contribution in [0.2, 0.25) is 0 Å². The Morgan fingerprint density at radius 1 is 0.962 bits per heavy atom. The van der Waals surface area contributed by atoms with Crippen LogP contribution in [0.25, 0.3) is 0 Å². The monoisotopic (exact) mass is 356 g/mol. The second kappa shape index (κ2) is 10.2. The van der Waals surface area contributed by atoms with Gasteiger partial charge in [0.05, 0.1) is 5.56 Å². The van der Waals surface area contributed by atoms with Crippen molar-refractivity contribution in [1.29, 1.82) is 0 Å². The lowest BCUT2D eigenvalue weighted by molar-refractivity contribution is 0.0697. The van der Waals surface area contributed by atoms with Crippen molar-refractivity contribution < 1.29 is 19.8 Å². The largest absolute Gasteiger partial charge is 0.478 e. The van der Waals surface area contributed by atoms with Gasteiger partial charge >= 0.3 is 12.0 Å². The number of urea groups is 1. The zero-order valence-corrected chi connectivity index (χ0v) is 14.5. The van der Waals surface area contributed by atoms with Gasteiger partial charge in [-0.15, -0.1) is 0 Å². The Kier molecular flexibility index (Phi) is 7.64. The van der Waals surface area contributed by atoms with Crippen molar-refractivity contribution in [3.63, 3.8) is 0 Å². The third kappa shape index (κ3) is 6.57. The Hall–Kier alpha value is -2.86. The van der Waals surface area contributed by atoms with Gasteiger partial charge in [0.1, 0.15) is 0 Å². The minimum atomic E-state index is -0.977. The Balaban J connectivity index is 1.86. The van der Waals surface area contributed by atoms with Crippen LogP contribution in [0.4, 0.5) is 4.79 Å². The summed E-state index contributed by atoms with van der Waals surface area (Å²) in [7, 11) is 0. The van der Waals surface area contributed by atoms with E-state index in [9.17, 15) is 9.59 Å².